The maximum Gasteiger partial charge on any atom is 0.255 e. The minimum Gasteiger partial charge on any atom is -0.484 e. The summed E-state index contributed by atoms with van der Waals surface area (Å²) in [6.45, 7) is -0.0581. The van der Waals surface area contributed by atoms with E-state index in [2.05, 4.69) is 0 Å². The van der Waals surface area contributed by atoms with Crippen molar-refractivity contribution in [1.29, 1.82) is 0 Å². The van der Waals surface area contributed by atoms with Crippen LogP contribution in [0.15, 0.2) is 48.5 Å². The van der Waals surface area contributed by atoms with Gasteiger partial charge in [-0.2, -0.15) is 0 Å². The Hall–Kier alpha value is -2.25. The minimum absolute atomic E-state index is 0.178. The molecule has 6 nitrogen and oxygen atoms in total. The third-order valence-corrected chi connectivity index (χ3v) is 4.54. The van der Waals surface area contributed by atoms with Crippen molar-refractivity contribution in [3.63, 3.8) is 0 Å². The van der Waals surface area contributed by atoms with Crippen LogP contribution in [0.1, 0.15) is 5.56 Å². The number of sulfonamides is 1. The van der Waals surface area contributed by atoms with Gasteiger partial charge in [-0.1, -0.05) is 23.7 Å². The molecule has 24 heavy (non-hydrogen) atoms. The molecule has 0 spiro atoms. The molecule has 2 rings (SSSR count). The van der Waals surface area contributed by atoms with Crippen LogP contribution in [0.5, 0.6) is 5.75 Å². The van der Waals surface area contributed by atoms with E-state index < -0.39 is 15.9 Å². The molecule has 0 saturated carbocycles. The second kappa shape index (κ2) is 7.55. The molecule has 8 heteroatoms. The van der Waals surface area contributed by atoms with Crippen molar-refractivity contribution in [1.82, 2.24) is 0 Å². The van der Waals surface area contributed by atoms with Crippen LogP contribution in [0.2, 0.25) is 5.02 Å². The van der Waals surface area contributed by atoms with Crippen molar-refractivity contribution in [2.24, 2.45) is 5.73 Å². The molecule has 2 aromatic carbocycles. The third-order valence-electron chi connectivity index (χ3n) is 3.15. The van der Waals surface area contributed by atoms with Crippen LogP contribution < -0.4 is 14.8 Å². The van der Waals surface area contributed by atoms with E-state index >= 15 is 0 Å². The van der Waals surface area contributed by atoms with Crippen molar-refractivity contribution >= 4 is 33.2 Å². The van der Waals surface area contributed by atoms with Crippen LogP contribution in [0.4, 0.5) is 5.69 Å². The zero-order chi connectivity index (χ0) is 17.7. The first-order valence-corrected chi connectivity index (χ1v) is 9.21. The number of carbonyl (C=O) groups is 1. The fourth-order valence-corrected chi connectivity index (χ4v) is 3.03. The van der Waals surface area contributed by atoms with Gasteiger partial charge in [0.1, 0.15) is 5.75 Å². The molecule has 0 fully saturated rings. The van der Waals surface area contributed by atoms with Gasteiger partial charge in [-0.25, -0.2) is 8.42 Å². The Labute approximate surface area is 145 Å². The van der Waals surface area contributed by atoms with Gasteiger partial charge >= 0.3 is 0 Å². The lowest BCUT2D eigenvalue weighted by Gasteiger charge is -2.22. The fourth-order valence-electron chi connectivity index (χ4n) is 2.02. The highest BCUT2D eigenvalue weighted by atomic mass is 35.5. The van der Waals surface area contributed by atoms with Crippen LogP contribution in [0.25, 0.3) is 0 Å². The predicted molar refractivity (Wildman–Crippen MR) is 93.6 cm³/mol. The molecule has 0 radical (unpaired) electrons. The number of hydrogen-bond acceptors (Lipinski definition) is 4. The van der Waals surface area contributed by atoms with E-state index in [0.717, 1.165) is 11.8 Å². The highest BCUT2D eigenvalue weighted by Gasteiger charge is 2.18. The van der Waals surface area contributed by atoms with E-state index in [0.29, 0.717) is 16.5 Å². The number of primary amides is 1. The molecule has 1 amide bonds. The molecule has 2 N–H and O–H groups in total. The number of carbonyl (C=O) groups excluding carboxylic acids is 1. The van der Waals surface area contributed by atoms with Crippen LogP contribution in [0.3, 0.4) is 0 Å². The average Bonchev–Trinajstić information content (AvgIpc) is 2.52. The Bertz CT molecular complexity index is 805. The lowest BCUT2D eigenvalue weighted by molar-refractivity contribution is -0.119. The summed E-state index contributed by atoms with van der Waals surface area (Å²) in [6, 6.07) is 13.3. The summed E-state index contributed by atoms with van der Waals surface area (Å²) in [4.78, 5) is 10.7. The summed E-state index contributed by atoms with van der Waals surface area (Å²) in [7, 11) is -3.48. The molecule has 0 bridgehead atoms. The third kappa shape index (κ3) is 5.14. The molecule has 0 saturated heterocycles. The first-order chi connectivity index (χ1) is 11.3. The Balaban J connectivity index is 2.22. The molecular weight excluding hydrogens is 352 g/mol. The number of rotatable bonds is 7. The average molecular weight is 369 g/mol. The summed E-state index contributed by atoms with van der Waals surface area (Å²) >= 11 is 5.85. The van der Waals surface area contributed by atoms with E-state index in [9.17, 15) is 13.2 Å². The van der Waals surface area contributed by atoms with Crippen LogP contribution >= 0.6 is 11.6 Å². The van der Waals surface area contributed by atoms with E-state index in [1.807, 2.05) is 0 Å². The van der Waals surface area contributed by atoms with Gasteiger partial charge in [-0.3, -0.25) is 9.10 Å². The highest BCUT2D eigenvalue weighted by Crippen LogP contribution is 2.24. The molecule has 128 valence electrons. The Kier molecular flexibility index (Phi) is 5.69. The van der Waals surface area contributed by atoms with E-state index in [4.69, 9.17) is 22.1 Å². The van der Waals surface area contributed by atoms with Crippen molar-refractivity contribution in [3.8, 4) is 5.75 Å². The first-order valence-electron chi connectivity index (χ1n) is 6.99. The number of anilines is 1. The molecule has 0 aromatic heterocycles. The van der Waals surface area contributed by atoms with Gasteiger partial charge in [0.25, 0.3) is 5.91 Å². The van der Waals surface area contributed by atoms with Crippen LogP contribution in [-0.4, -0.2) is 27.2 Å². The van der Waals surface area contributed by atoms with Crippen molar-refractivity contribution < 1.29 is 17.9 Å². The fraction of sp³-hybridized carbons (Fsp3) is 0.188. The van der Waals surface area contributed by atoms with E-state index in [1.165, 1.54) is 4.31 Å². The standard InChI is InChI=1S/C16H17ClN2O4S/c1-24(21,22)19(10-12-2-4-13(17)5-3-12)14-6-8-15(9-7-14)23-11-16(18)20/h2-9H,10-11H2,1H3,(H2,18,20). The molecule has 0 aliphatic rings. The maximum absolute atomic E-state index is 12.1. The lowest BCUT2D eigenvalue weighted by atomic mass is 10.2. The largest absolute Gasteiger partial charge is 0.484 e. The number of nitrogens with two attached hydrogens (primary N) is 1. The van der Waals surface area contributed by atoms with Gasteiger partial charge in [0.15, 0.2) is 6.61 Å². The summed E-state index contributed by atoms with van der Waals surface area (Å²) in [5.74, 6) is -0.155. The molecule has 2 aromatic rings. The molecule has 0 heterocycles. The quantitative estimate of drug-likeness (QED) is 0.811. The smallest absolute Gasteiger partial charge is 0.255 e. The zero-order valence-corrected chi connectivity index (χ0v) is 14.5. The van der Waals surface area contributed by atoms with Gasteiger partial charge in [0.2, 0.25) is 10.0 Å². The van der Waals surface area contributed by atoms with Gasteiger partial charge < -0.3 is 10.5 Å². The number of nitrogens with zero attached hydrogens (tertiary/aromatic N) is 1. The van der Waals surface area contributed by atoms with Crippen molar-refractivity contribution in [2.75, 3.05) is 17.2 Å². The first kappa shape index (κ1) is 18.1. The van der Waals surface area contributed by atoms with Crippen molar-refractivity contribution in [2.45, 2.75) is 6.54 Å². The normalized spacial score (nSPS) is 11.1. The van der Waals surface area contributed by atoms with Crippen LogP contribution in [0, 0.1) is 0 Å². The number of ether oxygens (including phenoxy) is 1. The van der Waals surface area contributed by atoms with Gasteiger partial charge in [-0.05, 0) is 42.0 Å². The molecule has 0 atom stereocenters. The summed E-state index contributed by atoms with van der Waals surface area (Å²) in [5.41, 5.74) is 6.30. The van der Waals surface area contributed by atoms with E-state index in [-0.39, 0.29) is 13.2 Å². The minimum atomic E-state index is -3.48. The molecular formula is C16H17ClN2O4S. The Morgan fingerprint density at radius 3 is 2.21 bits per heavy atom. The van der Waals surface area contributed by atoms with Gasteiger partial charge in [-0.15, -0.1) is 0 Å². The second-order valence-electron chi connectivity index (χ2n) is 5.14. The zero-order valence-electron chi connectivity index (χ0n) is 13.0. The summed E-state index contributed by atoms with van der Waals surface area (Å²) in [6.07, 6.45) is 1.14. The molecule has 0 aliphatic heterocycles. The highest BCUT2D eigenvalue weighted by molar-refractivity contribution is 7.92. The second-order valence-corrected chi connectivity index (χ2v) is 7.49. The number of amides is 1. The van der Waals surface area contributed by atoms with Crippen LogP contribution in [-0.2, 0) is 21.4 Å². The number of benzene rings is 2. The Morgan fingerprint density at radius 1 is 1.12 bits per heavy atom. The predicted octanol–water partition coefficient (Wildman–Crippen LogP) is 2.17. The Morgan fingerprint density at radius 2 is 1.71 bits per heavy atom. The SMILES string of the molecule is CS(=O)(=O)N(Cc1ccc(Cl)cc1)c1ccc(OCC(N)=O)cc1. The lowest BCUT2D eigenvalue weighted by Crippen LogP contribution is -2.29. The van der Waals surface area contributed by atoms with Gasteiger partial charge in [0, 0.05) is 5.02 Å². The molecule has 0 unspecified atom stereocenters. The topological polar surface area (TPSA) is 89.7 Å². The summed E-state index contributed by atoms with van der Waals surface area (Å²) < 4.78 is 30.7. The van der Waals surface area contributed by atoms with Gasteiger partial charge in [0.05, 0.1) is 18.5 Å². The van der Waals surface area contributed by atoms with E-state index in [1.54, 1.807) is 48.5 Å². The summed E-state index contributed by atoms with van der Waals surface area (Å²) in [5, 5.41) is 0.584. The monoisotopic (exact) mass is 368 g/mol. The maximum atomic E-state index is 12.1. The number of hydrogen-bond donors (Lipinski definition) is 1. The number of halogens is 1. The van der Waals surface area contributed by atoms with Crippen molar-refractivity contribution in [3.05, 3.63) is 59.1 Å². The molecule has 0 aliphatic carbocycles.